The van der Waals surface area contributed by atoms with E-state index in [0.717, 1.165) is 15.2 Å². The molecule has 0 saturated heterocycles. The summed E-state index contributed by atoms with van der Waals surface area (Å²) in [4.78, 5) is 13.9. The molecule has 0 amide bonds. The fraction of sp³-hybridized carbons (Fsp3) is 0.500. The second-order valence-corrected chi connectivity index (χ2v) is 9.95. The highest BCUT2D eigenvalue weighted by Crippen LogP contribution is 2.38. The number of para-hydroxylation sites is 1. The predicted molar refractivity (Wildman–Crippen MR) is 125 cm³/mol. The van der Waals surface area contributed by atoms with Gasteiger partial charge < -0.3 is 31.1 Å². The van der Waals surface area contributed by atoms with E-state index in [0.29, 0.717) is 29.4 Å². The Morgan fingerprint density at radius 1 is 1.12 bits per heavy atom. The molecule has 10 heteroatoms. The standard InChI is InChI=1S/C22H29N5O4S/c1-11-16(20-26-13-6-4-5-7-15(13)32-20)19(27-21(24-11)23-10-22(2,3)31)25-14-8-12(9-28)17(29)18(14)30/h4-7,12,14,17-18,28-31H,8-10H2,1-3H3,(H2,23,24,25,27)/t12-,14-,17-,18+/m1/s1. The minimum Gasteiger partial charge on any atom is -0.396 e. The zero-order valence-corrected chi connectivity index (χ0v) is 19.1. The van der Waals surface area contributed by atoms with Gasteiger partial charge in [0.25, 0.3) is 0 Å². The third-order valence-corrected chi connectivity index (χ3v) is 6.69. The summed E-state index contributed by atoms with van der Waals surface area (Å²) in [7, 11) is 0. The van der Waals surface area contributed by atoms with E-state index < -0.39 is 29.8 Å². The van der Waals surface area contributed by atoms with Gasteiger partial charge in [-0.1, -0.05) is 12.1 Å². The van der Waals surface area contributed by atoms with Crippen molar-refractivity contribution < 1.29 is 20.4 Å². The van der Waals surface area contributed by atoms with Gasteiger partial charge in [-0.15, -0.1) is 11.3 Å². The van der Waals surface area contributed by atoms with E-state index in [-0.39, 0.29) is 13.2 Å². The van der Waals surface area contributed by atoms with Crippen molar-refractivity contribution in [2.45, 2.75) is 51.0 Å². The lowest BCUT2D eigenvalue weighted by Gasteiger charge is -2.22. The number of rotatable bonds is 7. The van der Waals surface area contributed by atoms with Gasteiger partial charge >= 0.3 is 0 Å². The first-order valence-electron chi connectivity index (χ1n) is 10.6. The van der Waals surface area contributed by atoms with E-state index in [1.54, 1.807) is 13.8 Å². The molecule has 32 heavy (non-hydrogen) atoms. The summed E-state index contributed by atoms with van der Waals surface area (Å²) in [6, 6.07) is 7.35. The summed E-state index contributed by atoms with van der Waals surface area (Å²) in [5.74, 6) is 0.400. The van der Waals surface area contributed by atoms with Crippen LogP contribution in [0.25, 0.3) is 20.8 Å². The summed E-state index contributed by atoms with van der Waals surface area (Å²) in [6.07, 6.45) is -1.66. The molecular formula is C22H29N5O4S. The van der Waals surface area contributed by atoms with Gasteiger partial charge in [-0.05, 0) is 39.3 Å². The fourth-order valence-corrected chi connectivity index (χ4v) is 4.97. The number of hydrogen-bond acceptors (Lipinski definition) is 10. The van der Waals surface area contributed by atoms with Crippen molar-refractivity contribution in [1.29, 1.82) is 0 Å². The number of anilines is 2. The van der Waals surface area contributed by atoms with Gasteiger partial charge in [0.2, 0.25) is 5.95 Å². The Bertz CT molecular complexity index is 1070. The molecule has 1 saturated carbocycles. The van der Waals surface area contributed by atoms with Crippen molar-refractivity contribution in [2.24, 2.45) is 5.92 Å². The highest BCUT2D eigenvalue weighted by molar-refractivity contribution is 7.21. The van der Waals surface area contributed by atoms with Crippen LogP contribution in [0.4, 0.5) is 11.8 Å². The largest absolute Gasteiger partial charge is 0.396 e. The molecule has 6 N–H and O–H groups in total. The molecule has 1 fully saturated rings. The van der Waals surface area contributed by atoms with E-state index in [1.807, 2.05) is 31.2 Å². The Morgan fingerprint density at radius 3 is 2.53 bits per heavy atom. The second-order valence-electron chi connectivity index (χ2n) is 8.92. The summed E-state index contributed by atoms with van der Waals surface area (Å²) in [6.45, 7) is 5.28. The lowest BCUT2D eigenvalue weighted by atomic mass is 10.1. The molecule has 4 atom stereocenters. The number of benzene rings is 1. The van der Waals surface area contributed by atoms with Gasteiger partial charge in [0, 0.05) is 19.1 Å². The van der Waals surface area contributed by atoms with Crippen LogP contribution in [0.15, 0.2) is 24.3 Å². The summed E-state index contributed by atoms with van der Waals surface area (Å²) in [5, 5.41) is 47.4. The minimum atomic E-state index is -1.04. The highest BCUT2D eigenvalue weighted by atomic mass is 32.1. The number of hydrogen-bond donors (Lipinski definition) is 6. The monoisotopic (exact) mass is 459 g/mol. The zero-order chi connectivity index (χ0) is 23.0. The van der Waals surface area contributed by atoms with Crippen LogP contribution in [0.5, 0.6) is 0 Å². The Balaban J connectivity index is 1.74. The molecule has 2 heterocycles. The minimum absolute atomic E-state index is 0.206. The first kappa shape index (κ1) is 22.8. The Labute approximate surface area is 190 Å². The number of thiazole rings is 1. The first-order chi connectivity index (χ1) is 15.2. The van der Waals surface area contributed by atoms with Crippen LogP contribution in [-0.2, 0) is 0 Å². The van der Waals surface area contributed by atoms with Crippen LogP contribution < -0.4 is 10.6 Å². The maximum atomic E-state index is 10.5. The van der Waals surface area contributed by atoms with Crippen LogP contribution in [0.2, 0.25) is 0 Å². The number of aromatic nitrogens is 3. The topological polar surface area (TPSA) is 144 Å². The van der Waals surface area contributed by atoms with Crippen molar-refractivity contribution >= 4 is 33.3 Å². The van der Waals surface area contributed by atoms with Gasteiger partial charge in [-0.3, -0.25) is 0 Å². The fourth-order valence-electron chi connectivity index (χ4n) is 3.91. The molecule has 1 aromatic carbocycles. The van der Waals surface area contributed by atoms with Gasteiger partial charge in [0.15, 0.2) is 0 Å². The lowest BCUT2D eigenvalue weighted by Crippen LogP contribution is -2.36. The smallest absolute Gasteiger partial charge is 0.225 e. The quantitative estimate of drug-likeness (QED) is 0.311. The third-order valence-electron chi connectivity index (χ3n) is 5.64. The molecule has 0 aliphatic heterocycles. The van der Waals surface area contributed by atoms with Gasteiger partial charge in [0.1, 0.15) is 16.9 Å². The van der Waals surface area contributed by atoms with E-state index in [4.69, 9.17) is 4.98 Å². The van der Waals surface area contributed by atoms with Crippen LogP contribution in [0.1, 0.15) is 26.0 Å². The van der Waals surface area contributed by atoms with E-state index in [9.17, 15) is 20.4 Å². The summed E-state index contributed by atoms with van der Waals surface area (Å²) >= 11 is 1.52. The van der Waals surface area contributed by atoms with Crippen molar-refractivity contribution in [3.63, 3.8) is 0 Å². The number of nitrogens with zero attached hydrogens (tertiary/aromatic N) is 3. The summed E-state index contributed by atoms with van der Waals surface area (Å²) in [5.41, 5.74) is 1.33. The molecule has 172 valence electrons. The first-order valence-corrected chi connectivity index (χ1v) is 11.4. The van der Waals surface area contributed by atoms with Gasteiger partial charge in [-0.2, -0.15) is 4.98 Å². The molecule has 9 nitrogen and oxygen atoms in total. The molecule has 3 aromatic rings. The third kappa shape index (κ3) is 4.69. The number of aryl methyl sites for hydroxylation is 1. The molecule has 4 rings (SSSR count). The van der Waals surface area contributed by atoms with Crippen LogP contribution in [0, 0.1) is 12.8 Å². The summed E-state index contributed by atoms with van der Waals surface area (Å²) < 4.78 is 1.04. The number of aliphatic hydroxyl groups is 4. The Hall–Kier alpha value is -2.37. The Kier molecular flexibility index (Phi) is 6.33. The molecule has 0 bridgehead atoms. The molecule has 0 radical (unpaired) electrons. The van der Waals surface area contributed by atoms with Gasteiger partial charge in [-0.25, -0.2) is 9.97 Å². The van der Waals surface area contributed by atoms with Crippen molar-refractivity contribution in [3.05, 3.63) is 30.0 Å². The molecule has 2 aromatic heterocycles. The molecule has 0 spiro atoms. The SMILES string of the molecule is Cc1nc(NCC(C)(C)O)nc(N[C@@H]2C[C@H](CO)[C@@H](O)[C@H]2O)c1-c1nc2ccccc2s1. The van der Waals surface area contributed by atoms with Crippen LogP contribution in [-0.4, -0.2) is 72.4 Å². The number of fused-ring (bicyclic) bond motifs is 1. The average Bonchev–Trinajstić information content (AvgIpc) is 3.27. The van der Waals surface area contributed by atoms with E-state index >= 15 is 0 Å². The van der Waals surface area contributed by atoms with Crippen molar-refractivity contribution in [2.75, 3.05) is 23.8 Å². The molecule has 1 aliphatic carbocycles. The maximum absolute atomic E-state index is 10.5. The Morgan fingerprint density at radius 2 is 1.88 bits per heavy atom. The van der Waals surface area contributed by atoms with E-state index in [2.05, 4.69) is 20.6 Å². The number of nitrogens with one attached hydrogen (secondary N) is 2. The normalized spacial score (nSPS) is 23.6. The lowest BCUT2D eigenvalue weighted by molar-refractivity contribution is 0.00446. The molecular weight excluding hydrogens is 430 g/mol. The second kappa shape index (κ2) is 8.87. The number of aliphatic hydroxyl groups excluding tert-OH is 3. The molecule has 0 unspecified atom stereocenters. The zero-order valence-electron chi connectivity index (χ0n) is 18.3. The van der Waals surface area contributed by atoms with Gasteiger partial charge in [0.05, 0.1) is 39.2 Å². The average molecular weight is 460 g/mol. The predicted octanol–water partition coefficient (Wildman–Crippen LogP) is 1.76. The maximum Gasteiger partial charge on any atom is 0.225 e. The van der Waals surface area contributed by atoms with E-state index in [1.165, 1.54) is 11.3 Å². The highest BCUT2D eigenvalue weighted by Gasteiger charge is 2.41. The van der Waals surface area contributed by atoms with Crippen LogP contribution >= 0.6 is 11.3 Å². The molecule has 1 aliphatic rings. The van der Waals surface area contributed by atoms with Crippen molar-refractivity contribution in [3.8, 4) is 10.6 Å². The van der Waals surface area contributed by atoms with Crippen molar-refractivity contribution in [1.82, 2.24) is 15.0 Å². The van der Waals surface area contributed by atoms with Crippen LogP contribution in [0.3, 0.4) is 0 Å².